The molecular weight excluding hydrogens is 303 g/mol. The fourth-order valence-electron chi connectivity index (χ4n) is 1.59. The Kier molecular flexibility index (Phi) is 6.03. The van der Waals surface area contributed by atoms with Crippen molar-refractivity contribution in [3.63, 3.8) is 0 Å². The van der Waals surface area contributed by atoms with Gasteiger partial charge in [-0.2, -0.15) is 0 Å². The molecule has 1 aromatic carbocycles. The average Bonchev–Trinajstić information content (AvgIpc) is 2.42. The standard InChI is InChI=1S/C13H9ClF3NO.C2H6/c1-8-3-2-4-12(18-8)10-7-9(5-6-11(10)14)19-13(15,16)17;1-2/h2-7H,1H3;1-2H3. The van der Waals surface area contributed by atoms with Gasteiger partial charge in [-0.1, -0.05) is 31.5 Å². The summed E-state index contributed by atoms with van der Waals surface area (Å²) in [5.41, 5.74) is 1.64. The molecular formula is C15H15ClF3NO. The van der Waals surface area contributed by atoms with E-state index in [1.807, 2.05) is 13.8 Å². The molecule has 2 aromatic rings. The molecule has 0 atom stereocenters. The van der Waals surface area contributed by atoms with Crippen LogP contribution in [0.2, 0.25) is 5.02 Å². The first-order chi connectivity index (χ1) is 9.85. The van der Waals surface area contributed by atoms with E-state index in [0.29, 0.717) is 16.3 Å². The van der Waals surface area contributed by atoms with Crippen LogP contribution in [0.3, 0.4) is 0 Å². The number of ether oxygens (including phenoxy) is 1. The summed E-state index contributed by atoms with van der Waals surface area (Å²) in [6, 6.07) is 8.94. The van der Waals surface area contributed by atoms with Crippen molar-refractivity contribution in [2.75, 3.05) is 0 Å². The third-order valence-electron chi connectivity index (χ3n) is 2.34. The minimum atomic E-state index is -4.73. The highest BCUT2D eigenvalue weighted by molar-refractivity contribution is 6.33. The molecule has 0 saturated heterocycles. The summed E-state index contributed by atoms with van der Waals surface area (Å²) in [7, 11) is 0. The number of hydrogen-bond donors (Lipinski definition) is 0. The lowest BCUT2D eigenvalue weighted by Gasteiger charge is -2.11. The molecule has 0 unspecified atom stereocenters. The molecule has 2 rings (SSSR count). The van der Waals surface area contributed by atoms with Crippen LogP contribution in [0.15, 0.2) is 36.4 Å². The number of alkyl halides is 3. The molecule has 114 valence electrons. The molecule has 0 amide bonds. The quantitative estimate of drug-likeness (QED) is 0.715. The van der Waals surface area contributed by atoms with Crippen molar-refractivity contribution in [2.45, 2.75) is 27.1 Å². The van der Waals surface area contributed by atoms with Crippen LogP contribution in [-0.4, -0.2) is 11.3 Å². The molecule has 0 aliphatic heterocycles. The Hall–Kier alpha value is -1.75. The summed E-state index contributed by atoms with van der Waals surface area (Å²) in [6.07, 6.45) is -4.73. The van der Waals surface area contributed by atoms with Crippen molar-refractivity contribution >= 4 is 11.6 Å². The maximum Gasteiger partial charge on any atom is 0.573 e. The third-order valence-corrected chi connectivity index (χ3v) is 2.67. The van der Waals surface area contributed by atoms with Crippen molar-refractivity contribution in [1.82, 2.24) is 4.98 Å². The van der Waals surface area contributed by atoms with Crippen LogP contribution in [0.4, 0.5) is 13.2 Å². The molecule has 1 heterocycles. The second-order valence-corrected chi connectivity index (χ2v) is 4.26. The summed E-state index contributed by atoms with van der Waals surface area (Å²) in [5, 5.41) is 0.313. The predicted octanol–water partition coefficient (Wildman–Crippen LogP) is 5.64. The molecule has 0 spiro atoms. The number of benzene rings is 1. The topological polar surface area (TPSA) is 22.1 Å². The third kappa shape index (κ3) is 5.27. The van der Waals surface area contributed by atoms with Gasteiger partial charge >= 0.3 is 6.36 Å². The molecule has 0 bridgehead atoms. The van der Waals surface area contributed by atoms with E-state index in [4.69, 9.17) is 11.6 Å². The van der Waals surface area contributed by atoms with Crippen LogP contribution in [0.5, 0.6) is 5.75 Å². The van der Waals surface area contributed by atoms with Gasteiger partial charge in [-0.05, 0) is 37.3 Å². The number of pyridine rings is 1. The summed E-state index contributed by atoms with van der Waals surface area (Å²) >= 11 is 5.98. The molecule has 0 fully saturated rings. The maximum atomic E-state index is 12.2. The normalized spacial score (nSPS) is 10.6. The van der Waals surface area contributed by atoms with Gasteiger partial charge in [0.2, 0.25) is 0 Å². The number of rotatable bonds is 2. The number of hydrogen-bond acceptors (Lipinski definition) is 2. The zero-order chi connectivity index (χ0) is 16.0. The molecule has 2 nitrogen and oxygen atoms in total. The largest absolute Gasteiger partial charge is 0.573 e. The summed E-state index contributed by atoms with van der Waals surface area (Å²) in [6.45, 7) is 5.79. The Labute approximate surface area is 126 Å². The van der Waals surface area contributed by atoms with Gasteiger partial charge in [0.15, 0.2) is 0 Å². The summed E-state index contributed by atoms with van der Waals surface area (Å²) < 4.78 is 40.4. The number of aromatic nitrogens is 1. The summed E-state index contributed by atoms with van der Waals surface area (Å²) in [5.74, 6) is -0.324. The van der Waals surface area contributed by atoms with Crippen molar-refractivity contribution < 1.29 is 17.9 Å². The maximum absolute atomic E-state index is 12.2. The van der Waals surface area contributed by atoms with Crippen molar-refractivity contribution in [3.8, 4) is 17.0 Å². The predicted molar refractivity (Wildman–Crippen MR) is 77.5 cm³/mol. The van der Waals surface area contributed by atoms with E-state index in [9.17, 15) is 13.2 Å². The van der Waals surface area contributed by atoms with Gasteiger partial charge in [0.1, 0.15) is 5.75 Å². The Balaban J connectivity index is 0.00000106. The lowest BCUT2D eigenvalue weighted by atomic mass is 10.1. The monoisotopic (exact) mass is 317 g/mol. The van der Waals surface area contributed by atoms with Gasteiger partial charge < -0.3 is 4.74 Å². The fourth-order valence-corrected chi connectivity index (χ4v) is 1.81. The van der Waals surface area contributed by atoms with Crippen molar-refractivity contribution in [2.24, 2.45) is 0 Å². The van der Waals surface area contributed by atoms with E-state index in [2.05, 4.69) is 9.72 Å². The van der Waals surface area contributed by atoms with Gasteiger partial charge in [0.05, 0.1) is 10.7 Å². The highest BCUT2D eigenvalue weighted by atomic mass is 35.5. The van der Waals surface area contributed by atoms with Gasteiger partial charge in [-0.3, -0.25) is 4.98 Å². The number of halogens is 4. The van der Waals surface area contributed by atoms with E-state index in [-0.39, 0.29) is 5.75 Å². The Bertz CT molecular complexity index is 600. The number of nitrogens with zero attached hydrogens (tertiary/aromatic N) is 1. The van der Waals surface area contributed by atoms with Crippen LogP contribution in [0.25, 0.3) is 11.3 Å². The van der Waals surface area contributed by atoms with Crippen LogP contribution >= 0.6 is 11.6 Å². The molecule has 6 heteroatoms. The second kappa shape index (κ2) is 7.31. The van der Waals surface area contributed by atoms with E-state index in [0.717, 1.165) is 11.8 Å². The zero-order valence-electron chi connectivity index (χ0n) is 11.8. The molecule has 0 aliphatic rings. The fraction of sp³-hybridized carbons (Fsp3) is 0.267. The first-order valence-corrected chi connectivity index (χ1v) is 6.72. The van der Waals surface area contributed by atoms with Gasteiger partial charge in [0.25, 0.3) is 0 Å². The minimum Gasteiger partial charge on any atom is -0.406 e. The van der Waals surface area contributed by atoms with Gasteiger partial charge in [-0.15, -0.1) is 13.2 Å². The number of aryl methyl sites for hydroxylation is 1. The first-order valence-electron chi connectivity index (χ1n) is 6.34. The van der Waals surface area contributed by atoms with Crippen molar-refractivity contribution in [3.05, 3.63) is 47.1 Å². The lowest BCUT2D eigenvalue weighted by molar-refractivity contribution is -0.274. The molecule has 21 heavy (non-hydrogen) atoms. The van der Waals surface area contributed by atoms with E-state index in [1.165, 1.54) is 12.1 Å². The summed E-state index contributed by atoms with van der Waals surface area (Å²) in [4.78, 5) is 4.22. The minimum absolute atomic E-state index is 0.313. The van der Waals surface area contributed by atoms with E-state index >= 15 is 0 Å². The lowest BCUT2D eigenvalue weighted by Crippen LogP contribution is -2.17. The Morgan fingerprint density at radius 1 is 1.10 bits per heavy atom. The van der Waals surface area contributed by atoms with Crippen LogP contribution in [-0.2, 0) is 0 Å². The smallest absolute Gasteiger partial charge is 0.406 e. The van der Waals surface area contributed by atoms with Crippen molar-refractivity contribution in [1.29, 1.82) is 0 Å². The average molecular weight is 318 g/mol. The Morgan fingerprint density at radius 3 is 2.33 bits per heavy atom. The van der Waals surface area contributed by atoms with E-state index < -0.39 is 6.36 Å². The molecule has 0 N–H and O–H groups in total. The molecule has 1 aromatic heterocycles. The molecule has 0 aliphatic carbocycles. The SMILES string of the molecule is CC.Cc1cccc(-c2cc(OC(F)(F)F)ccc2Cl)n1. The zero-order valence-corrected chi connectivity index (χ0v) is 12.6. The van der Waals surface area contributed by atoms with Gasteiger partial charge in [-0.25, -0.2) is 0 Å². The van der Waals surface area contributed by atoms with Gasteiger partial charge in [0, 0.05) is 11.3 Å². The van der Waals surface area contributed by atoms with Crippen LogP contribution in [0, 0.1) is 6.92 Å². The highest BCUT2D eigenvalue weighted by Crippen LogP contribution is 2.32. The van der Waals surface area contributed by atoms with E-state index in [1.54, 1.807) is 25.1 Å². The Morgan fingerprint density at radius 2 is 1.76 bits per heavy atom. The molecule has 0 radical (unpaired) electrons. The highest BCUT2D eigenvalue weighted by Gasteiger charge is 2.31. The first kappa shape index (κ1) is 17.3. The second-order valence-electron chi connectivity index (χ2n) is 3.85. The van der Waals surface area contributed by atoms with Crippen LogP contribution in [0.1, 0.15) is 19.5 Å². The molecule has 0 saturated carbocycles. The van der Waals surface area contributed by atoms with Crippen LogP contribution < -0.4 is 4.74 Å².